The molecule has 30 heavy (non-hydrogen) atoms. The molecule has 0 radical (unpaired) electrons. The predicted octanol–water partition coefficient (Wildman–Crippen LogP) is 5.89. The molecule has 4 rings (SSSR count). The molecular formula is C24H32ClFN4. The highest BCUT2D eigenvalue weighted by Gasteiger charge is 2.54. The molecule has 1 saturated heterocycles. The Bertz CT molecular complexity index is 870. The fourth-order valence-electron chi connectivity index (χ4n) is 4.54. The normalized spacial score (nSPS) is 21.0. The van der Waals surface area contributed by atoms with Gasteiger partial charge in [0, 0.05) is 12.1 Å². The molecule has 0 unspecified atom stereocenters. The van der Waals surface area contributed by atoms with Crippen LogP contribution in [0.4, 0.5) is 10.2 Å². The summed E-state index contributed by atoms with van der Waals surface area (Å²) < 4.78 is 13.5. The molecule has 1 saturated carbocycles. The van der Waals surface area contributed by atoms with E-state index in [-0.39, 0.29) is 5.82 Å². The van der Waals surface area contributed by atoms with E-state index < -0.39 is 0 Å². The second-order valence-electron chi connectivity index (χ2n) is 10.2. The van der Waals surface area contributed by atoms with E-state index in [1.54, 1.807) is 6.07 Å². The predicted molar refractivity (Wildman–Crippen MR) is 121 cm³/mol. The van der Waals surface area contributed by atoms with Gasteiger partial charge in [0.15, 0.2) is 0 Å². The Morgan fingerprint density at radius 2 is 1.93 bits per heavy atom. The second-order valence-corrected chi connectivity index (χ2v) is 10.6. The number of aromatic nitrogens is 2. The molecule has 1 spiro atoms. The second kappa shape index (κ2) is 8.43. The van der Waals surface area contributed by atoms with Gasteiger partial charge in [-0.2, -0.15) is 0 Å². The molecule has 1 aromatic carbocycles. The third kappa shape index (κ3) is 5.12. The van der Waals surface area contributed by atoms with Gasteiger partial charge in [-0.25, -0.2) is 4.39 Å². The van der Waals surface area contributed by atoms with Crippen molar-refractivity contribution in [2.75, 3.05) is 31.5 Å². The lowest BCUT2D eigenvalue weighted by Gasteiger charge is -2.34. The molecule has 1 aromatic heterocycles. The van der Waals surface area contributed by atoms with E-state index in [0.717, 1.165) is 18.3 Å². The molecule has 2 aromatic rings. The molecule has 1 atom stereocenters. The maximum absolute atomic E-state index is 13.5. The number of piperidine rings is 1. The minimum absolute atomic E-state index is 0.332. The van der Waals surface area contributed by atoms with Gasteiger partial charge in [0.1, 0.15) is 11.6 Å². The van der Waals surface area contributed by atoms with Crippen LogP contribution in [0.1, 0.15) is 46.5 Å². The zero-order chi connectivity index (χ0) is 21.4. The van der Waals surface area contributed by atoms with Crippen molar-refractivity contribution in [3.8, 4) is 11.3 Å². The minimum atomic E-state index is -0.332. The van der Waals surface area contributed by atoms with Gasteiger partial charge in [0.05, 0.1) is 10.7 Å². The van der Waals surface area contributed by atoms with E-state index >= 15 is 0 Å². The number of rotatable bonds is 6. The van der Waals surface area contributed by atoms with E-state index in [1.807, 2.05) is 12.1 Å². The Hall–Kier alpha value is -1.72. The summed E-state index contributed by atoms with van der Waals surface area (Å²) in [5.41, 5.74) is 2.09. The summed E-state index contributed by atoms with van der Waals surface area (Å²) in [6.45, 7) is 11.6. The Labute approximate surface area is 184 Å². The van der Waals surface area contributed by atoms with Crippen LogP contribution in [0.15, 0.2) is 30.3 Å². The van der Waals surface area contributed by atoms with Crippen LogP contribution in [0.5, 0.6) is 0 Å². The maximum atomic E-state index is 13.5. The number of hydrogen-bond donors (Lipinski definition) is 1. The first kappa shape index (κ1) is 21.5. The average Bonchev–Trinajstić information content (AvgIpc) is 3.39. The van der Waals surface area contributed by atoms with E-state index in [2.05, 4.69) is 41.2 Å². The zero-order valence-corrected chi connectivity index (χ0v) is 19.0. The fraction of sp³-hybridized carbons (Fsp3) is 0.583. The maximum Gasteiger partial charge on any atom is 0.148 e. The summed E-state index contributed by atoms with van der Waals surface area (Å²) in [6, 6.07) is 8.01. The summed E-state index contributed by atoms with van der Waals surface area (Å²) in [5.74, 6) is 1.15. The van der Waals surface area contributed by atoms with Crippen LogP contribution in [-0.4, -0.2) is 41.3 Å². The smallest absolute Gasteiger partial charge is 0.148 e. The fourth-order valence-corrected chi connectivity index (χ4v) is 4.75. The largest absolute Gasteiger partial charge is 0.368 e. The van der Waals surface area contributed by atoms with Crippen molar-refractivity contribution in [2.24, 2.45) is 16.7 Å². The van der Waals surface area contributed by atoms with Crippen molar-refractivity contribution in [1.29, 1.82) is 0 Å². The Balaban J connectivity index is 1.25. The first-order chi connectivity index (χ1) is 14.2. The van der Waals surface area contributed by atoms with E-state index in [9.17, 15) is 4.39 Å². The van der Waals surface area contributed by atoms with Crippen LogP contribution >= 0.6 is 11.6 Å². The zero-order valence-electron chi connectivity index (χ0n) is 18.2. The molecule has 162 valence electrons. The molecule has 4 nitrogen and oxygen atoms in total. The molecule has 1 aliphatic carbocycles. The molecule has 0 amide bonds. The van der Waals surface area contributed by atoms with Crippen molar-refractivity contribution in [1.82, 2.24) is 15.1 Å². The quantitative estimate of drug-likeness (QED) is 0.620. The van der Waals surface area contributed by atoms with Crippen LogP contribution in [0, 0.1) is 22.6 Å². The first-order valence-electron chi connectivity index (χ1n) is 11.0. The topological polar surface area (TPSA) is 41.0 Å². The standard InChI is InChI=1S/C24H32ClFN4/c1-23(2,3)8-11-30-12-9-24(10-13-30)15-17(24)16-27-22-7-6-21(28-29-22)19-14-18(26)4-5-20(19)25/h4-7,14,17H,8-13,15-16H2,1-3H3,(H,27,29)/t17-/m1/s1. The van der Waals surface area contributed by atoms with Gasteiger partial charge in [-0.15, -0.1) is 10.2 Å². The lowest BCUT2D eigenvalue weighted by Crippen LogP contribution is -2.37. The molecule has 2 fully saturated rings. The first-order valence-corrected chi connectivity index (χ1v) is 11.4. The Morgan fingerprint density at radius 3 is 2.60 bits per heavy atom. The number of nitrogens with one attached hydrogen (secondary N) is 1. The van der Waals surface area contributed by atoms with Gasteiger partial charge in [-0.3, -0.25) is 0 Å². The van der Waals surface area contributed by atoms with Crippen molar-refractivity contribution in [2.45, 2.75) is 46.5 Å². The van der Waals surface area contributed by atoms with Crippen LogP contribution < -0.4 is 5.32 Å². The third-order valence-electron chi connectivity index (χ3n) is 6.79. The van der Waals surface area contributed by atoms with Gasteiger partial charge < -0.3 is 10.2 Å². The van der Waals surface area contributed by atoms with Crippen LogP contribution in [-0.2, 0) is 0 Å². The van der Waals surface area contributed by atoms with Crippen molar-refractivity contribution in [3.05, 3.63) is 41.2 Å². The molecular weight excluding hydrogens is 399 g/mol. The highest BCUT2D eigenvalue weighted by molar-refractivity contribution is 6.33. The number of hydrogen-bond acceptors (Lipinski definition) is 4. The lowest BCUT2D eigenvalue weighted by atomic mass is 9.88. The van der Waals surface area contributed by atoms with Crippen LogP contribution in [0.3, 0.4) is 0 Å². The molecule has 6 heteroatoms. The van der Waals surface area contributed by atoms with Gasteiger partial charge in [0.25, 0.3) is 0 Å². The number of likely N-dealkylation sites (tertiary alicyclic amines) is 1. The summed E-state index contributed by atoms with van der Waals surface area (Å²) in [4.78, 5) is 2.64. The molecule has 1 N–H and O–H groups in total. The molecule has 2 heterocycles. The number of halogens is 2. The van der Waals surface area contributed by atoms with Gasteiger partial charge in [0.2, 0.25) is 0 Å². The van der Waals surface area contributed by atoms with Crippen LogP contribution in [0.25, 0.3) is 11.3 Å². The SMILES string of the molecule is CC(C)(C)CCN1CCC2(CC1)C[C@@H]2CNc1ccc(-c2cc(F)ccc2Cl)nn1. The van der Waals surface area contributed by atoms with Gasteiger partial charge in [-0.05, 0) is 92.4 Å². The van der Waals surface area contributed by atoms with E-state index in [4.69, 9.17) is 11.6 Å². The monoisotopic (exact) mass is 430 g/mol. The van der Waals surface area contributed by atoms with Gasteiger partial charge >= 0.3 is 0 Å². The summed E-state index contributed by atoms with van der Waals surface area (Å²) in [7, 11) is 0. The highest BCUT2D eigenvalue weighted by Crippen LogP contribution is 2.59. The molecule has 2 aliphatic rings. The van der Waals surface area contributed by atoms with Crippen molar-refractivity contribution in [3.63, 3.8) is 0 Å². The van der Waals surface area contributed by atoms with E-state index in [0.29, 0.717) is 27.1 Å². The highest BCUT2D eigenvalue weighted by atomic mass is 35.5. The summed E-state index contributed by atoms with van der Waals surface area (Å²) >= 11 is 6.16. The minimum Gasteiger partial charge on any atom is -0.368 e. The lowest BCUT2D eigenvalue weighted by molar-refractivity contribution is 0.147. The number of anilines is 1. The van der Waals surface area contributed by atoms with Crippen molar-refractivity contribution >= 4 is 17.4 Å². The Kier molecular flexibility index (Phi) is 6.04. The van der Waals surface area contributed by atoms with Crippen molar-refractivity contribution < 1.29 is 4.39 Å². The Morgan fingerprint density at radius 1 is 1.17 bits per heavy atom. The number of nitrogens with zero attached hydrogens (tertiary/aromatic N) is 3. The number of benzene rings is 1. The molecule has 1 aliphatic heterocycles. The van der Waals surface area contributed by atoms with Gasteiger partial charge in [-0.1, -0.05) is 32.4 Å². The van der Waals surface area contributed by atoms with Crippen LogP contribution in [0.2, 0.25) is 5.02 Å². The summed E-state index contributed by atoms with van der Waals surface area (Å²) in [6.07, 6.45) is 5.20. The summed E-state index contributed by atoms with van der Waals surface area (Å²) in [5, 5.41) is 12.4. The average molecular weight is 431 g/mol. The van der Waals surface area contributed by atoms with E-state index in [1.165, 1.54) is 57.5 Å². The third-order valence-corrected chi connectivity index (χ3v) is 7.12. The molecule has 0 bridgehead atoms.